The monoisotopic (exact) mass is 337 g/mol. The topological polar surface area (TPSA) is 94.5 Å². The Morgan fingerprint density at radius 1 is 1.00 bits per heavy atom. The van der Waals surface area contributed by atoms with Crippen LogP contribution in [0.3, 0.4) is 0 Å². The molecule has 0 saturated heterocycles. The molecule has 6 nitrogen and oxygen atoms in total. The lowest BCUT2D eigenvalue weighted by Crippen LogP contribution is -2.45. The van der Waals surface area contributed by atoms with Crippen molar-refractivity contribution >= 4 is 17.3 Å². The molecule has 0 aliphatic carbocycles. The van der Waals surface area contributed by atoms with Gasteiger partial charge < -0.3 is 13.7 Å². The summed E-state index contributed by atoms with van der Waals surface area (Å²) in [6, 6.07) is 17.5. The molecular formula is C13H12BrN3O3. The van der Waals surface area contributed by atoms with Gasteiger partial charge in [0.2, 0.25) is 5.96 Å². The maximum Gasteiger partial charge on any atom is 0.473 e. The zero-order chi connectivity index (χ0) is 14.4. The molecule has 0 saturated carbocycles. The van der Waals surface area contributed by atoms with Gasteiger partial charge in [0, 0.05) is 5.69 Å². The molecule has 0 unspecified atom stereocenters. The highest BCUT2D eigenvalue weighted by Crippen LogP contribution is 2.16. The van der Waals surface area contributed by atoms with Gasteiger partial charge in [-0.25, -0.2) is 0 Å². The van der Waals surface area contributed by atoms with Crippen LogP contribution in [0.4, 0.5) is 11.4 Å². The summed E-state index contributed by atoms with van der Waals surface area (Å²) in [4.78, 5) is 0. The van der Waals surface area contributed by atoms with Gasteiger partial charge in [-0.2, -0.15) is 0 Å². The molecule has 0 fully saturated rings. The lowest BCUT2D eigenvalue weighted by Gasteiger charge is -2.17. The van der Waals surface area contributed by atoms with Crippen LogP contribution >= 0.6 is 0 Å². The average molecular weight is 338 g/mol. The summed E-state index contributed by atoms with van der Waals surface area (Å²) in [7, 11) is 0. The van der Waals surface area contributed by atoms with Gasteiger partial charge >= 0.3 is 14.8 Å². The molecule has 7 heteroatoms. The van der Waals surface area contributed by atoms with Crippen LogP contribution in [0.15, 0.2) is 60.7 Å². The number of hydroxylamine groups is 1. The fraction of sp³-hybridized carbons (Fsp3) is 0. The van der Waals surface area contributed by atoms with Gasteiger partial charge in [0.15, 0.2) is 0 Å². The summed E-state index contributed by atoms with van der Waals surface area (Å²) < 4.78 is 26.4. The normalized spacial score (nSPS) is 10.3. The van der Waals surface area contributed by atoms with Crippen LogP contribution in [-0.2, 0) is 3.93 Å². The highest BCUT2D eigenvalue weighted by atomic mass is 80.0. The van der Waals surface area contributed by atoms with Crippen molar-refractivity contribution < 1.29 is 27.1 Å². The fourth-order valence-corrected chi connectivity index (χ4v) is 2.08. The Hall–Kier alpha value is -1.93. The third-order valence-electron chi connectivity index (χ3n) is 2.36. The molecule has 0 atom stereocenters. The molecule has 104 valence electrons. The van der Waals surface area contributed by atoms with Crippen molar-refractivity contribution in [3.63, 3.8) is 0 Å². The lowest BCUT2D eigenvalue weighted by atomic mass is 10.3. The summed E-state index contributed by atoms with van der Waals surface area (Å²) >= 11 is -3.49. The van der Waals surface area contributed by atoms with Gasteiger partial charge in [-0.1, -0.05) is 36.4 Å². The molecule has 0 aromatic heterocycles. The first-order chi connectivity index (χ1) is 9.66. The molecule has 0 aliphatic rings. The van der Waals surface area contributed by atoms with Crippen molar-refractivity contribution in [2.45, 2.75) is 0 Å². The van der Waals surface area contributed by atoms with Crippen LogP contribution in [0.5, 0.6) is 0 Å². The van der Waals surface area contributed by atoms with E-state index in [0.717, 1.165) is 5.06 Å². The first-order valence-electron chi connectivity index (χ1n) is 5.66. The minimum absolute atomic E-state index is 0.197. The number of guanidine groups is 1. The molecule has 0 amide bonds. The van der Waals surface area contributed by atoms with Gasteiger partial charge in [-0.05, 0) is 24.3 Å². The molecule has 0 radical (unpaired) electrons. The first-order valence-corrected chi connectivity index (χ1v) is 7.61. The fourth-order valence-electron chi connectivity index (χ4n) is 1.53. The molecular weight excluding hydrogens is 326 g/mol. The molecule has 2 N–H and O–H groups in total. The Kier molecular flexibility index (Phi) is 5.08. The summed E-state index contributed by atoms with van der Waals surface area (Å²) in [6.45, 7) is 0. The van der Waals surface area contributed by atoms with Crippen LogP contribution in [0, 0.1) is 20.2 Å². The van der Waals surface area contributed by atoms with Gasteiger partial charge in [-0.15, -0.1) is 5.06 Å². The van der Waals surface area contributed by atoms with E-state index in [1.807, 2.05) is 6.07 Å². The summed E-state index contributed by atoms with van der Waals surface area (Å²) in [5.41, 5.74) is 1.10. The van der Waals surface area contributed by atoms with Crippen LogP contribution in [-0.4, -0.2) is 5.96 Å². The molecule has 2 aromatic rings. The Morgan fingerprint density at radius 2 is 1.55 bits per heavy atom. The SMILES string of the molecule is N=C(Nc1ccccc1)N(O[Br+2]([O-])[O-])c1ccccc1. The molecule has 0 heterocycles. The van der Waals surface area contributed by atoms with Crippen molar-refractivity contribution in [2.75, 3.05) is 10.4 Å². The summed E-state index contributed by atoms with van der Waals surface area (Å²) in [5.74, 6) is -0.197. The van der Waals surface area contributed by atoms with E-state index in [9.17, 15) is 8.40 Å². The summed E-state index contributed by atoms with van der Waals surface area (Å²) in [6.07, 6.45) is 0. The van der Waals surface area contributed by atoms with E-state index in [2.05, 4.69) is 5.32 Å². The highest BCUT2D eigenvalue weighted by Gasteiger charge is 2.25. The second kappa shape index (κ2) is 7.01. The number of nitrogens with one attached hydrogen (secondary N) is 2. The average Bonchev–Trinajstić information content (AvgIpc) is 2.46. The smallest absolute Gasteiger partial charge is 0.370 e. The number of nitrogens with zero attached hydrogens (tertiary/aromatic N) is 1. The third kappa shape index (κ3) is 4.04. The Labute approximate surface area is 121 Å². The molecule has 2 rings (SSSR count). The quantitative estimate of drug-likeness (QED) is 0.483. The lowest BCUT2D eigenvalue weighted by molar-refractivity contribution is -1.63. The Bertz CT molecular complexity index is 551. The van der Waals surface area contributed by atoms with E-state index in [0.29, 0.717) is 11.4 Å². The Balaban J connectivity index is 2.16. The maximum absolute atomic E-state index is 10.8. The number of hydrogen-bond acceptors (Lipinski definition) is 4. The van der Waals surface area contributed by atoms with Crippen LogP contribution in [0.25, 0.3) is 0 Å². The molecule has 2 aromatic carbocycles. The van der Waals surface area contributed by atoms with Crippen molar-refractivity contribution in [2.24, 2.45) is 0 Å². The van der Waals surface area contributed by atoms with Crippen LogP contribution < -0.4 is 18.8 Å². The van der Waals surface area contributed by atoms with Crippen LogP contribution in [0.1, 0.15) is 0 Å². The molecule has 20 heavy (non-hydrogen) atoms. The van der Waals surface area contributed by atoms with E-state index in [1.165, 1.54) is 0 Å². The minimum atomic E-state index is -3.49. The summed E-state index contributed by atoms with van der Waals surface area (Å²) in [5, 5.41) is 11.6. The van der Waals surface area contributed by atoms with Crippen molar-refractivity contribution in [3.8, 4) is 0 Å². The predicted octanol–water partition coefficient (Wildman–Crippen LogP) is 0.558. The minimum Gasteiger partial charge on any atom is -0.370 e. The first kappa shape index (κ1) is 14.5. The molecule has 0 aliphatic heterocycles. The number of para-hydroxylation sites is 2. The second-order valence-corrected chi connectivity index (χ2v) is 4.81. The van der Waals surface area contributed by atoms with E-state index in [1.54, 1.807) is 54.6 Å². The van der Waals surface area contributed by atoms with Crippen molar-refractivity contribution in [1.82, 2.24) is 0 Å². The molecule has 0 spiro atoms. The largest absolute Gasteiger partial charge is 0.473 e. The van der Waals surface area contributed by atoms with E-state index < -0.39 is 14.8 Å². The zero-order valence-corrected chi connectivity index (χ0v) is 11.9. The number of anilines is 2. The zero-order valence-electron chi connectivity index (χ0n) is 10.3. The molecule has 0 bridgehead atoms. The second-order valence-electron chi connectivity index (χ2n) is 3.73. The highest BCUT2D eigenvalue weighted by molar-refractivity contribution is 6.01. The van der Waals surface area contributed by atoms with Gasteiger partial charge in [-0.3, -0.25) is 5.41 Å². The van der Waals surface area contributed by atoms with Gasteiger partial charge in [0.1, 0.15) is 3.93 Å². The standard InChI is InChI=1S/C13H12BrN3O3/c15-13(16-11-7-3-1-4-8-11)17(20-14(18)19)12-9-5-2-6-10-12/h1-10H,(H2,15,16). The van der Waals surface area contributed by atoms with Gasteiger partial charge in [0.25, 0.3) is 0 Å². The van der Waals surface area contributed by atoms with Crippen LogP contribution in [0.2, 0.25) is 0 Å². The van der Waals surface area contributed by atoms with Crippen molar-refractivity contribution in [1.29, 1.82) is 5.41 Å². The van der Waals surface area contributed by atoms with Crippen molar-refractivity contribution in [3.05, 3.63) is 60.7 Å². The third-order valence-corrected chi connectivity index (χ3v) is 2.88. The number of benzene rings is 2. The van der Waals surface area contributed by atoms with E-state index in [4.69, 9.17) is 9.34 Å². The number of hydrogen-bond donors (Lipinski definition) is 2. The van der Waals surface area contributed by atoms with E-state index in [-0.39, 0.29) is 5.96 Å². The van der Waals surface area contributed by atoms with E-state index >= 15 is 0 Å². The predicted molar refractivity (Wildman–Crippen MR) is 67.8 cm³/mol. The van der Waals surface area contributed by atoms with Gasteiger partial charge in [0.05, 0.1) is 5.69 Å². The number of halogens is 1. The number of rotatable bonds is 4. The maximum atomic E-state index is 10.8. The Morgan fingerprint density at radius 3 is 2.10 bits per heavy atom.